The van der Waals surface area contributed by atoms with Gasteiger partial charge in [0.05, 0.1) is 5.56 Å². The molecule has 1 aromatic heterocycles. The van der Waals surface area contributed by atoms with Gasteiger partial charge in [-0.3, -0.25) is 0 Å². The van der Waals surface area contributed by atoms with Crippen LogP contribution in [-0.4, -0.2) is 5.16 Å². The maximum atomic E-state index is 13.7. The molecule has 0 aliphatic heterocycles. The molecular weight excluding hydrogens is 226 g/mol. The third kappa shape index (κ3) is 1.88. The second kappa shape index (κ2) is 4.16. The molecule has 0 radical (unpaired) electrons. The minimum absolute atomic E-state index is 0.185. The summed E-state index contributed by atoms with van der Waals surface area (Å²) >= 11 is 0. The van der Waals surface area contributed by atoms with E-state index in [1.807, 2.05) is 6.92 Å². The Morgan fingerprint density at radius 1 is 1.29 bits per heavy atom. The summed E-state index contributed by atoms with van der Waals surface area (Å²) in [4.78, 5) is 0. The topological polar surface area (TPSA) is 52.0 Å². The molecule has 2 aromatic rings. The van der Waals surface area contributed by atoms with Crippen LogP contribution in [0, 0.1) is 18.6 Å². The first-order valence-electron chi connectivity index (χ1n) is 5.24. The van der Waals surface area contributed by atoms with Crippen molar-refractivity contribution in [2.75, 3.05) is 5.73 Å². The van der Waals surface area contributed by atoms with Crippen LogP contribution in [0.3, 0.4) is 0 Å². The molecule has 1 heterocycles. The summed E-state index contributed by atoms with van der Waals surface area (Å²) in [5, 5.41) is 3.60. The van der Waals surface area contributed by atoms with Crippen molar-refractivity contribution in [3.8, 4) is 11.3 Å². The van der Waals surface area contributed by atoms with E-state index in [0.717, 1.165) is 6.07 Å². The van der Waals surface area contributed by atoms with E-state index in [9.17, 15) is 8.78 Å². The maximum absolute atomic E-state index is 13.7. The Bertz CT molecular complexity index is 564. The number of nitrogen functional groups attached to an aromatic ring is 1. The highest BCUT2D eigenvalue weighted by atomic mass is 19.1. The average molecular weight is 238 g/mol. The van der Waals surface area contributed by atoms with Crippen molar-refractivity contribution in [1.82, 2.24) is 5.16 Å². The van der Waals surface area contributed by atoms with Gasteiger partial charge in [-0.25, -0.2) is 8.78 Å². The monoisotopic (exact) mass is 238 g/mol. The summed E-state index contributed by atoms with van der Waals surface area (Å²) in [7, 11) is 0. The van der Waals surface area contributed by atoms with Crippen molar-refractivity contribution in [1.29, 1.82) is 0 Å². The fourth-order valence-corrected chi connectivity index (χ4v) is 1.71. The van der Waals surface area contributed by atoms with E-state index in [-0.39, 0.29) is 17.1 Å². The van der Waals surface area contributed by atoms with Crippen molar-refractivity contribution >= 4 is 5.82 Å². The minimum Gasteiger partial charge on any atom is -0.381 e. The first kappa shape index (κ1) is 11.6. The molecule has 0 atom stereocenters. The molecule has 0 aliphatic rings. The van der Waals surface area contributed by atoms with E-state index in [2.05, 4.69) is 5.16 Å². The minimum atomic E-state index is -0.682. The van der Waals surface area contributed by atoms with Gasteiger partial charge < -0.3 is 10.3 Å². The molecule has 0 bridgehead atoms. The van der Waals surface area contributed by atoms with Crippen LogP contribution in [0.25, 0.3) is 11.3 Å². The summed E-state index contributed by atoms with van der Waals surface area (Å²) in [6.07, 6.45) is 0.570. The molecular formula is C12H12F2N2O. The van der Waals surface area contributed by atoms with Gasteiger partial charge in [-0.05, 0) is 25.0 Å². The predicted molar refractivity (Wildman–Crippen MR) is 60.4 cm³/mol. The van der Waals surface area contributed by atoms with Gasteiger partial charge in [0.25, 0.3) is 0 Å². The van der Waals surface area contributed by atoms with Crippen molar-refractivity contribution in [2.45, 2.75) is 20.3 Å². The Labute approximate surface area is 97.2 Å². The molecule has 0 aliphatic carbocycles. The molecule has 0 unspecified atom stereocenters. The van der Waals surface area contributed by atoms with Crippen molar-refractivity contribution in [2.24, 2.45) is 0 Å². The molecule has 3 nitrogen and oxygen atoms in total. The molecule has 0 amide bonds. The molecule has 0 fully saturated rings. The second-order valence-electron chi connectivity index (χ2n) is 3.81. The third-order valence-corrected chi connectivity index (χ3v) is 2.67. The van der Waals surface area contributed by atoms with E-state index in [0.29, 0.717) is 17.5 Å². The van der Waals surface area contributed by atoms with Crippen LogP contribution < -0.4 is 5.73 Å². The molecule has 90 valence electrons. The highest BCUT2D eigenvalue weighted by Crippen LogP contribution is 2.31. The Morgan fingerprint density at radius 3 is 2.65 bits per heavy atom. The molecule has 2 rings (SSSR count). The number of anilines is 1. The van der Waals surface area contributed by atoms with Gasteiger partial charge in [-0.15, -0.1) is 0 Å². The number of aryl methyl sites for hydroxylation is 1. The summed E-state index contributed by atoms with van der Waals surface area (Å²) < 4.78 is 31.8. The SMILES string of the molecule is CCc1c(N)noc1-c1cc(C)c(F)cc1F. The van der Waals surface area contributed by atoms with E-state index in [1.54, 1.807) is 6.92 Å². The Kier molecular flexibility index (Phi) is 2.83. The van der Waals surface area contributed by atoms with Crippen LogP contribution in [0.15, 0.2) is 16.7 Å². The van der Waals surface area contributed by atoms with Crippen LogP contribution in [0.4, 0.5) is 14.6 Å². The van der Waals surface area contributed by atoms with Crippen LogP contribution in [0.1, 0.15) is 18.1 Å². The van der Waals surface area contributed by atoms with Gasteiger partial charge in [0.2, 0.25) is 0 Å². The number of nitrogens with two attached hydrogens (primary N) is 1. The first-order valence-corrected chi connectivity index (χ1v) is 5.24. The number of hydrogen-bond donors (Lipinski definition) is 1. The summed E-state index contributed by atoms with van der Waals surface area (Å²) in [5.41, 5.74) is 6.77. The zero-order chi connectivity index (χ0) is 12.6. The molecule has 0 spiro atoms. The number of nitrogens with zero attached hydrogens (tertiary/aromatic N) is 1. The molecule has 1 aromatic carbocycles. The highest BCUT2D eigenvalue weighted by Gasteiger charge is 2.18. The lowest BCUT2D eigenvalue weighted by molar-refractivity contribution is 0.432. The zero-order valence-electron chi connectivity index (χ0n) is 9.55. The van der Waals surface area contributed by atoms with Gasteiger partial charge in [-0.2, -0.15) is 0 Å². The molecule has 0 saturated carbocycles. The number of aromatic nitrogens is 1. The van der Waals surface area contributed by atoms with Gasteiger partial charge in [0.1, 0.15) is 11.6 Å². The Balaban J connectivity index is 2.64. The van der Waals surface area contributed by atoms with E-state index < -0.39 is 11.6 Å². The van der Waals surface area contributed by atoms with Gasteiger partial charge in [0.15, 0.2) is 11.6 Å². The normalized spacial score (nSPS) is 10.8. The fraction of sp³-hybridized carbons (Fsp3) is 0.250. The van der Waals surface area contributed by atoms with Crippen molar-refractivity contribution < 1.29 is 13.3 Å². The van der Waals surface area contributed by atoms with Crippen LogP contribution in [0.5, 0.6) is 0 Å². The summed E-state index contributed by atoms with van der Waals surface area (Å²) in [5.74, 6) is -0.759. The smallest absolute Gasteiger partial charge is 0.175 e. The fourth-order valence-electron chi connectivity index (χ4n) is 1.71. The lowest BCUT2D eigenvalue weighted by Crippen LogP contribution is -1.94. The first-order chi connectivity index (χ1) is 8.04. The predicted octanol–water partition coefficient (Wildman–Crippen LogP) is 3.07. The Hall–Kier alpha value is -1.91. The molecule has 2 N–H and O–H groups in total. The van der Waals surface area contributed by atoms with E-state index in [4.69, 9.17) is 10.3 Å². The standard InChI is InChI=1S/C12H12F2N2O/c1-3-7-11(17-16-12(7)15)8-4-6(2)9(13)5-10(8)14/h4-5H,3H2,1-2H3,(H2,15,16). The molecule has 0 saturated heterocycles. The third-order valence-electron chi connectivity index (χ3n) is 2.67. The number of hydrogen-bond acceptors (Lipinski definition) is 3. The van der Waals surface area contributed by atoms with E-state index in [1.165, 1.54) is 6.07 Å². The number of rotatable bonds is 2. The number of halogens is 2. The zero-order valence-corrected chi connectivity index (χ0v) is 9.55. The highest BCUT2D eigenvalue weighted by molar-refractivity contribution is 5.67. The van der Waals surface area contributed by atoms with Gasteiger partial charge >= 0.3 is 0 Å². The van der Waals surface area contributed by atoms with Crippen LogP contribution in [0.2, 0.25) is 0 Å². The summed E-state index contributed by atoms with van der Waals surface area (Å²) in [6, 6.07) is 2.23. The van der Waals surface area contributed by atoms with Crippen molar-refractivity contribution in [3.05, 3.63) is 34.9 Å². The second-order valence-corrected chi connectivity index (χ2v) is 3.81. The van der Waals surface area contributed by atoms with Gasteiger partial charge in [0, 0.05) is 11.6 Å². The van der Waals surface area contributed by atoms with Gasteiger partial charge in [-0.1, -0.05) is 12.1 Å². The summed E-state index contributed by atoms with van der Waals surface area (Å²) in [6.45, 7) is 3.42. The lowest BCUT2D eigenvalue weighted by atomic mass is 10.0. The van der Waals surface area contributed by atoms with Crippen LogP contribution in [-0.2, 0) is 6.42 Å². The van der Waals surface area contributed by atoms with E-state index >= 15 is 0 Å². The largest absolute Gasteiger partial charge is 0.381 e. The van der Waals surface area contributed by atoms with Crippen molar-refractivity contribution in [3.63, 3.8) is 0 Å². The Morgan fingerprint density at radius 2 is 2.00 bits per heavy atom. The molecule has 5 heteroatoms. The quantitative estimate of drug-likeness (QED) is 0.874. The number of benzene rings is 1. The maximum Gasteiger partial charge on any atom is 0.175 e. The lowest BCUT2D eigenvalue weighted by Gasteiger charge is -2.04. The molecule has 17 heavy (non-hydrogen) atoms. The average Bonchev–Trinajstić information content (AvgIpc) is 2.64. The van der Waals surface area contributed by atoms with Crippen LogP contribution >= 0.6 is 0 Å².